The van der Waals surface area contributed by atoms with Crippen molar-refractivity contribution in [2.45, 2.75) is 0 Å². The lowest BCUT2D eigenvalue weighted by atomic mass is 10.1. The summed E-state index contributed by atoms with van der Waals surface area (Å²) in [6.45, 7) is 0. The van der Waals surface area contributed by atoms with E-state index in [0.717, 1.165) is 10.8 Å². The Morgan fingerprint density at radius 1 is 0.952 bits per heavy atom. The lowest BCUT2D eigenvalue weighted by Gasteiger charge is -2.11. The SMILES string of the molecule is N#Cc1ccc(Oc2ccc(Cl)c3ccccc23)c(N)c1. The molecule has 3 aromatic carbocycles. The number of halogens is 1. The lowest BCUT2D eigenvalue weighted by molar-refractivity contribution is 0.491. The van der Waals surface area contributed by atoms with Crippen LogP contribution in [-0.2, 0) is 0 Å². The molecule has 3 rings (SSSR count). The molecule has 0 heterocycles. The van der Waals surface area contributed by atoms with Crippen LogP contribution in [0.4, 0.5) is 5.69 Å². The Labute approximate surface area is 127 Å². The number of nitrogen functional groups attached to an aromatic ring is 1. The molecule has 3 aromatic rings. The van der Waals surface area contributed by atoms with Crippen LogP contribution in [0.2, 0.25) is 5.02 Å². The van der Waals surface area contributed by atoms with Crippen LogP contribution >= 0.6 is 11.6 Å². The zero-order chi connectivity index (χ0) is 14.8. The van der Waals surface area contributed by atoms with E-state index in [-0.39, 0.29) is 0 Å². The first kappa shape index (κ1) is 13.3. The van der Waals surface area contributed by atoms with E-state index in [1.165, 1.54) is 0 Å². The molecule has 0 bridgehead atoms. The van der Waals surface area contributed by atoms with Crippen LogP contribution in [0.3, 0.4) is 0 Å². The third-order valence-electron chi connectivity index (χ3n) is 3.19. The van der Waals surface area contributed by atoms with Gasteiger partial charge in [0.1, 0.15) is 11.5 Å². The molecule has 2 N–H and O–H groups in total. The van der Waals surface area contributed by atoms with Crippen molar-refractivity contribution < 1.29 is 4.74 Å². The number of nitriles is 1. The van der Waals surface area contributed by atoms with E-state index in [1.54, 1.807) is 24.3 Å². The fourth-order valence-electron chi connectivity index (χ4n) is 2.15. The van der Waals surface area contributed by atoms with Gasteiger partial charge >= 0.3 is 0 Å². The third-order valence-corrected chi connectivity index (χ3v) is 3.52. The van der Waals surface area contributed by atoms with E-state index in [9.17, 15) is 0 Å². The van der Waals surface area contributed by atoms with E-state index in [0.29, 0.717) is 27.8 Å². The molecule has 4 heteroatoms. The Morgan fingerprint density at radius 2 is 1.67 bits per heavy atom. The van der Waals surface area contributed by atoms with Crippen LogP contribution in [-0.4, -0.2) is 0 Å². The molecule has 0 fully saturated rings. The summed E-state index contributed by atoms with van der Waals surface area (Å²) in [4.78, 5) is 0. The van der Waals surface area contributed by atoms with Crippen molar-refractivity contribution in [3.05, 3.63) is 65.2 Å². The highest BCUT2D eigenvalue weighted by atomic mass is 35.5. The Morgan fingerprint density at radius 3 is 2.38 bits per heavy atom. The molecule has 3 nitrogen and oxygen atoms in total. The fraction of sp³-hybridized carbons (Fsp3) is 0. The van der Waals surface area contributed by atoms with Gasteiger partial charge in [-0.1, -0.05) is 35.9 Å². The van der Waals surface area contributed by atoms with Crippen LogP contribution in [0.15, 0.2) is 54.6 Å². The van der Waals surface area contributed by atoms with Crippen molar-refractivity contribution in [2.75, 3.05) is 5.73 Å². The van der Waals surface area contributed by atoms with Crippen molar-refractivity contribution in [3.63, 3.8) is 0 Å². The molecule has 0 aliphatic heterocycles. The molecule has 0 spiro atoms. The van der Waals surface area contributed by atoms with E-state index in [4.69, 9.17) is 27.3 Å². The van der Waals surface area contributed by atoms with Crippen molar-refractivity contribution in [1.82, 2.24) is 0 Å². The standard InChI is InChI=1S/C17H11ClN2O/c18-14-6-8-16(13-4-2-1-3-12(13)14)21-17-7-5-11(10-19)9-15(17)20/h1-9H,20H2. The van der Waals surface area contributed by atoms with Crippen LogP contribution in [0.25, 0.3) is 10.8 Å². The zero-order valence-corrected chi connectivity index (χ0v) is 11.8. The molecule has 21 heavy (non-hydrogen) atoms. The second kappa shape index (κ2) is 5.35. The fourth-order valence-corrected chi connectivity index (χ4v) is 2.38. The summed E-state index contributed by atoms with van der Waals surface area (Å²) in [5.41, 5.74) is 6.84. The predicted octanol–water partition coefficient (Wildman–Crippen LogP) is 4.74. The molecule has 0 unspecified atom stereocenters. The summed E-state index contributed by atoms with van der Waals surface area (Å²) in [6, 6.07) is 18.3. The molecular weight excluding hydrogens is 284 g/mol. The number of hydrogen-bond donors (Lipinski definition) is 1. The summed E-state index contributed by atoms with van der Waals surface area (Å²) in [6.07, 6.45) is 0. The van der Waals surface area contributed by atoms with Gasteiger partial charge in [-0.15, -0.1) is 0 Å². The molecule has 0 saturated heterocycles. The minimum atomic E-state index is 0.424. The normalized spacial score (nSPS) is 10.3. The number of rotatable bonds is 2. The summed E-state index contributed by atoms with van der Waals surface area (Å²) in [5, 5.41) is 11.4. The van der Waals surface area contributed by atoms with Crippen molar-refractivity contribution in [3.8, 4) is 17.6 Å². The minimum absolute atomic E-state index is 0.424. The maximum Gasteiger partial charge on any atom is 0.150 e. The van der Waals surface area contributed by atoms with Crippen LogP contribution < -0.4 is 10.5 Å². The van der Waals surface area contributed by atoms with E-state index < -0.39 is 0 Å². The lowest BCUT2D eigenvalue weighted by Crippen LogP contribution is -1.93. The van der Waals surface area contributed by atoms with Gasteiger partial charge in [0.05, 0.1) is 17.3 Å². The molecule has 0 aliphatic carbocycles. The van der Waals surface area contributed by atoms with Gasteiger partial charge in [0, 0.05) is 15.8 Å². The maximum absolute atomic E-state index is 8.85. The summed E-state index contributed by atoms with van der Waals surface area (Å²) < 4.78 is 5.88. The molecule has 0 aliphatic rings. The smallest absolute Gasteiger partial charge is 0.150 e. The highest BCUT2D eigenvalue weighted by Crippen LogP contribution is 2.35. The second-order valence-corrected chi connectivity index (χ2v) is 4.96. The van der Waals surface area contributed by atoms with Crippen molar-refractivity contribution in [2.24, 2.45) is 0 Å². The average Bonchev–Trinajstić information content (AvgIpc) is 2.52. The Bertz CT molecular complexity index is 868. The third kappa shape index (κ3) is 2.49. The number of anilines is 1. The van der Waals surface area contributed by atoms with Gasteiger partial charge in [0.15, 0.2) is 0 Å². The Hall–Kier alpha value is -2.70. The monoisotopic (exact) mass is 294 g/mol. The van der Waals surface area contributed by atoms with Crippen LogP contribution in [0.5, 0.6) is 11.5 Å². The van der Waals surface area contributed by atoms with E-state index in [1.807, 2.05) is 36.4 Å². The number of nitrogens with zero attached hydrogens (tertiary/aromatic N) is 1. The maximum atomic E-state index is 8.85. The summed E-state index contributed by atoms with van der Waals surface area (Å²) in [7, 11) is 0. The largest absolute Gasteiger partial charge is 0.455 e. The first-order chi connectivity index (χ1) is 10.2. The number of fused-ring (bicyclic) bond motifs is 1. The molecule has 0 amide bonds. The van der Waals surface area contributed by atoms with Gasteiger partial charge in [-0.3, -0.25) is 0 Å². The van der Waals surface area contributed by atoms with Gasteiger partial charge in [-0.25, -0.2) is 0 Å². The first-order valence-electron chi connectivity index (χ1n) is 6.34. The number of nitrogens with two attached hydrogens (primary N) is 1. The van der Waals surface area contributed by atoms with Crippen molar-refractivity contribution >= 4 is 28.1 Å². The molecule has 102 valence electrons. The molecule has 0 saturated carbocycles. The molecule has 0 aromatic heterocycles. The first-order valence-corrected chi connectivity index (χ1v) is 6.71. The topological polar surface area (TPSA) is 59.0 Å². The number of hydrogen-bond acceptors (Lipinski definition) is 3. The Balaban J connectivity index is 2.07. The second-order valence-electron chi connectivity index (χ2n) is 4.56. The van der Waals surface area contributed by atoms with Gasteiger partial charge in [0.25, 0.3) is 0 Å². The molecular formula is C17H11ClN2O. The van der Waals surface area contributed by atoms with Gasteiger partial charge < -0.3 is 10.5 Å². The number of ether oxygens (including phenoxy) is 1. The van der Waals surface area contributed by atoms with Crippen molar-refractivity contribution in [1.29, 1.82) is 5.26 Å². The highest BCUT2D eigenvalue weighted by molar-refractivity contribution is 6.35. The molecule has 0 atom stereocenters. The summed E-state index contributed by atoms with van der Waals surface area (Å²) in [5.74, 6) is 1.19. The number of benzene rings is 3. The van der Waals surface area contributed by atoms with Gasteiger partial charge in [0.2, 0.25) is 0 Å². The Kier molecular flexibility index (Phi) is 3.39. The van der Waals surface area contributed by atoms with Crippen LogP contribution in [0, 0.1) is 11.3 Å². The predicted molar refractivity (Wildman–Crippen MR) is 84.6 cm³/mol. The van der Waals surface area contributed by atoms with Gasteiger partial charge in [-0.2, -0.15) is 5.26 Å². The van der Waals surface area contributed by atoms with Crippen LogP contribution in [0.1, 0.15) is 5.56 Å². The van der Waals surface area contributed by atoms with Gasteiger partial charge in [-0.05, 0) is 30.3 Å². The van der Waals surface area contributed by atoms with E-state index >= 15 is 0 Å². The molecule has 0 radical (unpaired) electrons. The van der Waals surface area contributed by atoms with E-state index in [2.05, 4.69) is 0 Å². The highest BCUT2D eigenvalue weighted by Gasteiger charge is 2.08. The quantitative estimate of drug-likeness (QED) is 0.694. The summed E-state index contributed by atoms with van der Waals surface area (Å²) >= 11 is 6.19. The average molecular weight is 295 g/mol. The minimum Gasteiger partial charge on any atom is -0.455 e. The zero-order valence-electron chi connectivity index (χ0n) is 11.0.